The highest BCUT2D eigenvalue weighted by Crippen LogP contribution is 2.37. The highest BCUT2D eigenvalue weighted by atomic mass is 35.5. The molecule has 1 amide bonds. The number of rotatable bonds is 4. The zero-order valence-corrected chi connectivity index (χ0v) is 22.1. The lowest BCUT2D eigenvalue weighted by molar-refractivity contribution is 0.0270. The molecule has 2 aromatic carbocycles. The molecule has 7 heteroatoms. The lowest BCUT2D eigenvalue weighted by Gasteiger charge is -2.30. The number of thiazole rings is 1. The van der Waals surface area contributed by atoms with Crippen molar-refractivity contribution in [3.63, 3.8) is 0 Å². The molecule has 184 valence electrons. The van der Waals surface area contributed by atoms with Crippen LogP contribution < -0.4 is 0 Å². The lowest BCUT2D eigenvalue weighted by Crippen LogP contribution is -2.39. The minimum Gasteiger partial charge on any atom is -0.444 e. The van der Waals surface area contributed by atoms with E-state index in [4.69, 9.17) is 16.3 Å². The molecule has 2 aromatic heterocycles. The summed E-state index contributed by atoms with van der Waals surface area (Å²) in [4.78, 5) is 23.5. The normalized spacial score (nSPS) is 15.0. The van der Waals surface area contributed by atoms with Crippen LogP contribution in [0.25, 0.3) is 16.5 Å². The standard InChI is InChI=1S/C29H28ClN3O2S/c1-29(2,3)35-28(34)33-15-11-19(12-16-33)23-10-13-31-25-9-6-21(18-24(23)25)26(27-32-14-17-36-27)20-4-7-22(30)8-5-20/h4-11,13-14,17-18,26H,12,15-16H2,1-3H3. The second-order valence-electron chi connectivity index (χ2n) is 9.90. The highest BCUT2D eigenvalue weighted by molar-refractivity contribution is 7.09. The van der Waals surface area contributed by atoms with Crippen LogP contribution in [0.2, 0.25) is 5.02 Å². The fraction of sp³-hybridized carbons (Fsp3) is 0.276. The smallest absolute Gasteiger partial charge is 0.410 e. The quantitative estimate of drug-likeness (QED) is 0.280. The molecule has 1 unspecified atom stereocenters. The average molecular weight is 518 g/mol. The number of carbonyl (C=O) groups is 1. The van der Waals surface area contributed by atoms with Crippen LogP contribution >= 0.6 is 22.9 Å². The number of nitrogens with zero attached hydrogens (tertiary/aromatic N) is 3. The number of benzene rings is 2. The van der Waals surface area contributed by atoms with Gasteiger partial charge in [0.25, 0.3) is 0 Å². The Hall–Kier alpha value is -3.22. The monoisotopic (exact) mass is 517 g/mol. The summed E-state index contributed by atoms with van der Waals surface area (Å²) in [5, 5.41) is 4.86. The first-order chi connectivity index (χ1) is 17.3. The maximum absolute atomic E-state index is 12.5. The van der Waals surface area contributed by atoms with Gasteiger partial charge in [-0.15, -0.1) is 11.3 Å². The van der Waals surface area contributed by atoms with Crippen molar-refractivity contribution in [1.29, 1.82) is 0 Å². The number of halogens is 1. The topological polar surface area (TPSA) is 55.3 Å². The van der Waals surface area contributed by atoms with Gasteiger partial charge in [0.15, 0.2) is 0 Å². The van der Waals surface area contributed by atoms with Crippen LogP contribution in [0.15, 0.2) is 72.4 Å². The number of pyridine rings is 1. The molecule has 36 heavy (non-hydrogen) atoms. The third-order valence-electron chi connectivity index (χ3n) is 6.21. The van der Waals surface area contributed by atoms with E-state index in [1.54, 1.807) is 16.2 Å². The summed E-state index contributed by atoms with van der Waals surface area (Å²) in [6.07, 6.45) is 6.33. The van der Waals surface area contributed by atoms with Crippen molar-refractivity contribution < 1.29 is 9.53 Å². The molecule has 0 saturated heterocycles. The van der Waals surface area contributed by atoms with Crippen molar-refractivity contribution in [2.24, 2.45) is 0 Å². The van der Waals surface area contributed by atoms with Crippen LogP contribution in [0.3, 0.4) is 0 Å². The molecular formula is C29H28ClN3O2S. The van der Waals surface area contributed by atoms with Gasteiger partial charge in [-0.2, -0.15) is 0 Å². The minimum absolute atomic E-state index is 0.00252. The number of hydrogen-bond donors (Lipinski definition) is 0. The predicted octanol–water partition coefficient (Wildman–Crippen LogP) is 7.55. The Labute approximate surface area is 220 Å². The van der Waals surface area contributed by atoms with Gasteiger partial charge in [-0.3, -0.25) is 4.98 Å². The number of amides is 1. The molecule has 5 nitrogen and oxygen atoms in total. The molecule has 0 bridgehead atoms. The number of ether oxygens (including phenoxy) is 1. The molecule has 1 atom stereocenters. The first kappa shape index (κ1) is 24.5. The van der Waals surface area contributed by atoms with Gasteiger partial charge in [0.1, 0.15) is 10.6 Å². The second kappa shape index (κ2) is 10.0. The Morgan fingerprint density at radius 3 is 2.50 bits per heavy atom. The molecule has 0 N–H and O–H groups in total. The van der Waals surface area contributed by atoms with Crippen LogP contribution in [0.1, 0.15) is 54.8 Å². The van der Waals surface area contributed by atoms with E-state index in [0.717, 1.165) is 39.0 Å². The fourth-order valence-electron chi connectivity index (χ4n) is 4.54. The summed E-state index contributed by atoms with van der Waals surface area (Å²) in [6, 6.07) is 16.5. The Balaban J connectivity index is 1.51. The maximum atomic E-state index is 12.5. The van der Waals surface area contributed by atoms with Gasteiger partial charge >= 0.3 is 6.09 Å². The average Bonchev–Trinajstić information content (AvgIpc) is 3.38. The van der Waals surface area contributed by atoms with Crippen molar-refractivity contribution in [3.05, 3.63) is 99.1 Å². The summed E-state index contributed by atoms with van der Waals surface area (Å²) < 4.78 is 5.55. The van der Waals surface area contributed by atoms with Gasteiger partial charge < -0.3 is 9.64 Å². The number of hydrogen-bond acceptors (Lipinski definition) is 5. The molecule has 1 aliphatic heterocycles. The van der Waals surface area contributed by atoms with Crippen molar-refractivity contribution in [3.8, 4) is 0 Å². The van der Waals surface area contributed by atoms with Gasteiger partial charge in [0.05, 0.1) is 11.4 Å². The van der Waals surface area contributed by atoms with E-state index in [-0.39, 0.29) is 12.0 Å². The number of carbonyl (C=O) groups excluding carboxylic acids is 1. The van der Waals surface area contributed by atoms with Crippen molar-refractivity contribution in [2.75, 3.05) is 13.1 Å². The van der Waals surface area contributed by atoms with E-state index in [2.05, 4.69) is 52.4 Å². The maximum Gasteiger partial charge on any atom is 0.410 e. The van der Waals surface area contributed by atoms with Gasteiger partial charge in [0, 0.05) is 41.3 Å². The van der Waals surface area contributed by atoms with Crippen molar-refractivity contribution in [2.45, 2.75) is 38.7 Å². The van der Waals surface area contributed by atoms with E-state index in [1.165, 1.54) is 5.57 Å². The zero-order chi connectivity index (χ0) is 25.3. The summed E-state index contributed by atoms with van der Waals surface area (Å²) in [6.45, 7) is 6.82. The summed E-state index contributed by atoms with van der Waals surface area (Å²) >= 11 is 7.82. The molecule has 3 heterocycles. The van der Waals surface area contributed by atoms with Crippen LogP contribution in [0.5, 0.6) is 0 Å². The Morgan fingerprint density at radius 1 is 1.06 bits per heavy atom. The molecule has 1 aliphatic rings. The summed E-state index contributed by atoms with van der Waals surface area (Å²) in [5.74, 6) is 0.00252. The van der Waals surface area contributed by atoms with Crippen LogP contribution in [-0.2, 0) is 4.74 Å². The molecule has 0 spiro atoms. The first-order valence-corrected chi connectivity index (χ1v) is 13.2. The molecule has 4 aromatic rings. The number of aromatic nitrogens is 2. The van der Waals surface area contributed by atoms with Crippen LogP contribution in [-0.4, -0.2) is 39.7 Å². The second-order valence-corrected chi connectivity index (χ2v) is 11.3. The van der Waals surface area contributed by atoms with Gasteiger partial charge in [-0.05, 0) is 79.8 Å². The van der Waals surface area contributed by atoms with Crippen molar-refractivity contribution >= 4 is 45.5 Å². The molecule has 0 aliphatic carbocycles. The summed E-state index contributed by atoms with van der Waals surface area (Å²) in [7, 11) is 0. The molecular weight excluding hydrogens is 490 g/mol. The lowest BCUT2D eigenvalue weighted by atomic mass is 9.89. The predicted molar refractivity (Wildman–Crippen MR) is 147 cm³/mol. The molecule has 0 radical (unpaired) electrons. The van der Waals surface area contributed by atoms with Gasteiger partial charge in [-0.1, -0.05) is 35.9 Å². The Kier molecular flexibility index (Phi) is 6.82. The van der Waals surface area contributed by atoms with E-state index in [0.29, 0.717) is 18.1 Å². The van der Waals surface area contributed by atoms with E-state index >= 15 is 0 Å². The third kappa shape index (κ3) is 5.30. The largest absolute Gasteiger partial charge is 0.444 e. The SMILES string of the molecule is CC(C)(C)OC(=O)N1CC=C(c2ccnc3ccc(C(c4ccc(Cl)cc4)c4nccs4)cc23)CC1. The molecule has 0 saturated carbocycles. The van der Waals surface area contributed by atoms with Gasteiger partial charge in [-0.25, -0.2) is 9.78 Å². The fourth-order valence-corrected chi connectivity index (χ4v) is 5.46. The van der Waals surface area contributed by atoms with E-state index in [1.807, 2.05) is 50.7 Å². The Bertz CT molecular complexity index is 1410. The van der Waals surface area contributed by atoms with Crippen LogP contribution in [0, 0.1) is 0 Å². The van der Waals surface area contributed by atoms with E-state index < -0.39 is 5.60 Å². The zero-order valence-electron chi connectivity index (χ0n) is 20.6. The molecule has 5 rings (SSSR count). The Morgan fingerprint density at radius 2 is 1.83 bits per heavy atom. The van der Waals surface area contributed by atoms with Crippen LogP contribution in [0.4, 0.5) is 4.79 Å². The van der Waals surface area contributed by atoms with Crippen molar-refractivity contribution in [1.82, 2.24) is 14.9 Å². The summed E-state index contributed by atoms with van der Waals surface area (Å²) in [5.41, 5.74) is 5.11. The first-order valence-electron chi connectivity index (χ1n) is 12.0. The molecule has 0 fully saturated rings. The highest BCUT2D eigenvalue weighted by Gasteiger charge is 2.25. The van der Waals surface area contributed by atoms with E-state index in [9.17, 15) is 4.79 Å². The minimum atomic E-state index is -0.503. The third-order valence-corrected chi connectivity index (χ3v) is 7.30. The van der Waals surface area contributed by atoms with Gasteiger partial charge in [0.2, 0.25) is 0 Å². The number of fused-ring (bicyclic) bond motifs is 1.